The number of piperazine rings is 1. The number of pyridine rings is 1. The summed E-state index contributed by atoms with van der Waals surface area (Å²) >= 11 is 0. The van der Waals surface area contributed by atoms with Crippen LogP contribution in [0.3, 0.4) is 0 Å². The zero-order valence-corrected chi connectivity index (χ0v) is 15.6. The van der Waals surface area contributed by atoms with E-state index in [-0.39, 0.29) is 0 Å². The van der Waals surface area contributed by atoms with E-state index in [2.05, 4.69) is 53.4 Å². The van der Waals surface area contributed by atoms with Gasteiger partial charge in [-0.3, -0.25) is 0 Å². The second kappa shape index (κ2) is 7.23. The van der Waals surface area contributed by atoms with Crippen molar-refractivity contribution in [2.75, 3.05) is 50.5 Å². The second-order valence-electron chi connectivity index (χ2n) is 6.81. The molecular formula is C20H27N5. The van der Waals surface area contributed by atoms with Crippen molar-refractivity contribution < 1.29 is 0 Å². The number of hydrogen-bond donors (Lipinski definition) is 2. The molecule has 1 aromatic heterocycles. The highest BCUT2D eigenvalue weighted by Crippen LogP contribution is 2.27. The zero-order chi connectivity index (χ0) is 18.0. The summed E-state index contributed by atoms with van der Waals surface area (Å²) in [5.74, 6) is 1.05. The summed E-state index contributed by atoms with van der Waals surface area (Å²) in [6.45, 7) is 8.10. The van der Waals surface area contributed by atoms with E-state index in [9.17, 15) is 0 Å². The van der Waals surface area contributed by atoms with E-state index in [4.69, 9.17) is 10.4 Å². The topological polar surface area (TPSA) is 55.2 Å². The summed E-state index contributed by atoms with van der Waals surface area (Å²) < 4.78 is 0. The molecule has 25 heavy (non-hydrogen) atoms. The van der Waals surface area contributed by atoms with Gasteiger partial charge in [-0.1, -0.05) is 6.07 Å². The minimum atomic E-state index is 0.554. The normalized spacial score (nSPS) is 15.3. The lowest BCUT2D eigenvalue weighted by Crippen LogP contribution is -2.44. The predicted molar refractivity (Wildman–Crippen MR) is 106 cm³/mol. The molecule has 0 unspecified atom stereocenters. The van der Waals surface area contributed by atoms with E-state index < -0.39 is 0 Å². The Morgan fingerprint density at radius 1 is 1.12 bits per heavy atom. The van der Waals surface area contributed by atoms with Gasteiger partial charge in [0.1, 0.15) is 5.82 Å². The number of nitrogens with one attached hydrogen (secondary N) is 2. The molecule has 0 saturated carbocycles. The third-order valence-corrected chi connectivity index (χ3v) is 4.77. The molecule has 0 bridgehead atoms. The molecule has 3 rings (SSSR count). The van der Waals surface area contributed by atoms with Crippen LogP contribution < -0.4 is 10.2 Å². The molecule has 1 fully saturated rings. The number of aromatic nitrogens is 1. The summed E-state index contributed by atoms with van der Waals surface area (Å²) in [5.41, 5.74) is 5.69. The van der Waals surface area contributed by atoms with E-state index >= 15 is 0 Å². The zero-order valence-electron chi connectivity index (χ0n) is 15.6. The quantitative estimate of drug-likeness (QED) is 0.841. The van der Waals surface area contributed by atoms with Crippen molar-refractivity contribution in [3.05, 3.63) is 41.5 Å². The summed E-state index contributed by atoms with van der Waals surface area (Å²) in [4.78, 5) is 9.64. The van der Waals surface area contributed by atoms with Crippen LogP contribution in [0.4, 0.5) is 11.5 Å². The van der Waals surface area contributed by atoms with Gasteiger partial charge in [0, 0.05) is 55.8 Å². The lowest BCUT2D eigenvalue weighted by molar-refractivity contribution is 0.312. The number of benzene rings is 1. The lowest BCUT2D eigenvalue weighted by atomic mass is 10.0. The van der Waals surface area contributed by atoms with Gasteiger partial charge in [-0.05, 0) is 50.7 Å². The van der Waals surface area contributed by atoms with Crippen LogP contribution >= 0.6 is 0 Å². The van der Waals surface area contributed by atoms with Crippen molar-refractivity contribution in [1.82, 2.24) is 9.88 Å². The smallest absolute Gasteiger partial charge is 0.129 e. The molecule has 0 aliphatic carbocycles. The minimum Gasteiger partial charge on any atom is -0.388 e. The minimum absolute atomic E-state index is 0.554. The Balaban J connectivity index is 1.97. The third kappa shape index (κ3) is 3.82. The highest BCUT2D eigenvalue weighted by Gasteiger charge is 2.17. The molecule has 5 heteroatoms. The van der Waals surface area contributed by atoms with E-state index in [1.54, 1.807) is 0 Å². The van der Waals surface area contributed by atoms with E-state index in [0.717, 1.165) is 54.5 Å². The van der Waals surface area contributed by atoms with Gasteiger partial charge >= 0.3 is 0 Å². The van der Waals surface area contributed by atoms with Crippen LogP contribution in [0.2, 0.25) is 0 Å². The molecule has 5 nitrogen and oxygen atoms in total. The Bertz CT molecular complexity index is 776. The molecule has 0 spiro atoms. The van der Waals surface area contributed by atoms with Gasteiger partial charge in [-0.25, -0.2) is 4.98 Å². The maximum Gasteiger partial charge on any atom is 0.129 e. The maximum absolute atomic E-state index is 8.03. The number of anilines is 2. The number of hydrogen-bond acceptors (Lipinski definition) is 5. The highest BCUT2D eigenvalue weighted by molar-refractivity contribution is 6.02. The van der Waals surface area contributed by atoms with Crippen LogP contribution in [0.25, 0.3) is 11.3 Å². The Morgan fingerprint density at radius 2 is 1.84 bits per heavy atom. The van der Waals surface area contributed by atoms with E-state index in [1.807, 2.05) is 20.0 Å². The van der Waals surface area contributed by atoms with Gasteiger partial charge < -0.3 is 20.5 Å². The van der Waals surface area contributed by atoms with Crippen molar-refractivity contribution in [2.24, 2.45) is 0 Å². The van der Waals surface area contributed by atoms with Gasteiger partial charge in [-0.15, -0.1) is 0 Å². The van der Waals surface area contributed by atoms with Gasteiger partial charge in [0.05, 0.1) is 5.69 Å². The molecule has 2 N–H and O–H groups in total. The molecule has 0 radical (unpaired) electrons. The summed E-state index contributed by atoms with van der Waals surface area (Å²) in [6.07, 6.45) is 0. The third-order valence-electron chi connectivity index (χ3n) is 4.77. The van der Waals surface area contributed by atoms with Crippen LogP contribution in [0.1, 0.15) is 18.1 Å². The lowest BCUT2D eigenvalue weighted by Gasteiger charge is -2.33. The average molecular weight is 337 g/mol. The molecule has 0 amide bonds. The first kappa shape index (κ1) is 17.4. The summed E-state index contributed by atoms with van der Waals surface area (Å²) in [5, 5.41) is 11.2. The maximum atomic E-state index is 8.03. The van der Waals surface area contributed by atoms with Crippen LogP contribution in [-0.2, 0) is 0 Å². The molecule has 1 aliphatic heterocycles. The van der Waals surface area contributed by atoms with Gasteiger partial charge in [-0.2, -0.15) is 0 Å². The van der Waals surface area contributed by atoms with Gasteiger partial charge in [0.15, 0.2) is 0 Å². The molecular weight excluding hydrogens is 310 g/mol. The Morgan fingerprint density at radius 3 is 2.48 bits per heavy atom. The molecule has 0 atom stereocenters. The Labute approximate surface area is 150 Å². The van der Waals surface area contributed by atoms with Gasteiger partial charge in [0.25, 0.3) is 0 Å². The Kier molecular flexibility index (Phi) is 5.04. The molecule has 1 aliphatic rings. The highest BCUT2D eigenvalue weighted by atomic mass is 15.3. The number of rotatable bonds is 4. The van der Waals surface area contributed by atoms with Crippen LogP contribution in [0.5, 0.6) is 0 Å². The standard InChI is InChI=1S/C20H27N5/c1-14-11-19(16-5-6-18(22-3)17(13-16)15(2)21)23-20(12-14)25-9-7-24(4)8-10-25/h5-6,11-13,21-22H,7-10H2,1-4H3. The first-order valence-electron chi connectivity index (χ1n) is 8.78. The van der Waals surface area contributed by atoms with Crippen LogP contribution in [0.15, 0.2) is 30.3 Å². The van der Waals surface area contributed by atoms with Crippen LogP contribution in [-0.4, -0.2) is 55.9 Å². The first-order valence-corrected chi connectivity index (χ1v) is 8.78. The van der Waals surface area contributed by atoms with E-state index in [1.165, 1.54) is 5.56 Å². The fourth-order valence-corrected chi connectivity index (χ4v) is 3.23. The summed E-state index contributed by atoms with van der Waals surface area (Å²) in [7, 11) is 4.05. The molecule has 132 valence electrons. The second-order valence-corrected chi connectivity index (χ2v) is 6.81. The average Bonchev–Trinajstić information content (AvgIpc) is 2.61. The molecule has 1 aromatic carbocycles. The summed E-state index contributed by atoms with van der Waals surface area (Å²) in [6, 6.07) is 10.5. The number of nitrogens with zero attached hydrogens (tertiary/aromatic N) is 3. The largest absolute Gasteiger partial charge is 0.388 e. The van der Waals surface area contributed by atoms with Crippen molar-refractivity contribution in [2.45, 2.75) is 13.8 Å². The van der Waals surface area contributed by atoms with Crippen molar-refractivity contribution in [1.29, 1.82) is 5.41 Å². The van der Waals surface area contributed by atoms with Crippen molar-refractivity contribution in [3.8, 4) is 11.3 Å². The van der Waals surface area contributed by atoms with Crippen LogP contribution in [0, 0.1) is 12.3 Å². The SMILES string of the molecule is CNc1ccc(-c2cc(C)cc(N3CCN(C)CC3)n2)cc1C(C)=N. The first-order chi connectivity index (χ1) is 12.0. The Hall–Kier alpha value is -2.40. The fraction of sp³-hybridized carbons (Fsp3) is 0.400. The number of likely N-dealkylation sites (N-methyl/N-ethyl adjacent to an activating group) is 1. The molecule has 2 heterocycles. The number of aryl methyl sites for hydroxylation is 1. The monoisotopic (exact) mass is 337 g/mol. The fourth-order valence-electron chi connectivity index (χ4n) is 3.23. The van der Waals surface area contributed by atoms with Crippen molar-refractivity contribution in [3.63, 3.8) is 0 Å². The molecule has 2 aromatic rings. The van der Waals surface area contributed by atoms with Crippen molar-refractivity contribution >= 4 is 17.2 Å². The van der Waals surface area contributed by atoms with Gasteiger partial charge in [0.2, 0.25) is 0 Å². The van der Waals surface area contributed by atoms with E-state index in [0.29, 0.717) is 5.71 Å². The molecule has 1 saturated heterocycles. The predicted octanol–water partition coefficient (Wildman–Crippen LogP) is 3.24.